The van der Waals surface area contributed by atoms with Crippen LogP contribution in [0.5, 0.6) is 5.75 Å². The first-order valence-electron chi connectivity index (χ1n) is 15.9. The average Bonchev–Trinajstić information content (AvgIpc) is 3.29. The molecule has 0 saturated heterocycles. The number of alkyl halides is 1. The summed E-state index contributed by atoms with van der Waals surface area (Å²) in [7, 11) is 0. The number of aliphatic carboxylic acids is 1. The van der Waals surface area contributed by atoms with E-state index in [1.165, 1.54) is 11.1 Å². The van der Waals surface area contributed by atoms with Gasteiger partial charge in [-0.05, 0) is 116 Å². The van der Waals surface area contributed by atoms with Crippen molar-refractivity contribution in [3.8, 4) is 5.75 Å². The first kappa shape index (κ1) is 29.9. The maximum absolute atomic E-state index is 14.7. The molecule has 2 N–H and O–H groups in total. The van der Waals surface area contributed by atoms with Crippen LogP contribution in [0.2, 0.25) is 5.02 Å². The van der Waals surface area contributed by atoms with Gasteiger partial charge in [-0.25, -0.2) is 9.18 Å². The predicted molar refractivity (Wildman–Crippen MR) is 169 cm³/mol. The Labute approximate surface area is 259 Å². The molecule has 7 heteroatoms. The van der Waals surface area contributed by atoms with E-state index in [4.69, 9.17) is 16.3 Å². The molecule has 0 amide bonds. The fourth-order valence-corrected chi connectivity index (χ4v) is 8.48. The second-order valence-corrected chi connectivity index (χ2v) is 13.6. The molecule has 43 heavy (non-hydrogen) atoms. The Morgan fingerprint density at radius 2 is 1.93 bits per heavy atom. The van der Waals surface area contributed by atoms with Crippen molar-refractivity contribution >= 4 is 23.3 Å². The minimum Gasteiger partial charge on any atom is -0.493 e. The Hall–Kier alpha value is -3.12. The van der Waals surface area contributed by atoms with E-state index in [2.05, 4.69) is 48.4 Å². The van der Waals surface area contributed by atoms with E-state index in [-0.39, 0.29) is 17.3 Å². The van der Waals surface area contributed by atoms with Gasteiger partial charge >= 0.3 is 5.97 Å². The number of hydrogen-bond donors (Lipinski definition) is 2. The SMILES string of the molecule is CC[C@@H]1CC[C@H](F)c2nccc(OC[C@H](C)C[C@H]3Cc4ccccc4C34CCC(Nc3cccc(Cl)c3)(C(=O)O)CC4)c21. The Morgan fingerprint density at radius 3 is 2.67 bits per heavy atom. The molecule has 3 aliphatic rings. The lowest BCUT2D eigenvalue weighted by molar-refractivity contribution is -0.144. The molecule has 5 nitrogen and oxygen atoms in total. The van der Waals surface area contributed by atoms with Crippen LogP contribution in [-0.4, -0.2) is 28.2 Å². The van der Waals surface area contributed by atoms with E-state index in [9.17, 15) is 14.3 Å². The average molecular weight is 605 g/mol. The molecule has 0 bridgehead atoms. The summed E-state index contributed by atoms with van der Waals surface area (Å²) in [6.45, 7) is 4.95. The monoisotopic (exact) mass is 604 g/mol. The van der Waals surface area contributed by atoms with Crippen molar-refractivity contribution in [2.75, 3.05) is 11.9 Å². The first-order chi connectivity index (χ1) is 20.7. The number of carboxylic acids is 1. The highest BCUT2D eigenvalue weighted by atomic mass is 35.5. The van der Waals surface area contributed by atoms with Gasteiger partial charge in [0.1, 0.15) is 17.5 Å². The number of rotatable bonds is 9. The van der Waals surface area contributed by atoms with Crippen LogP contribution in [0.1, 0.15) is 99.7 Å². The zero-order valence-corrected chi connectivity index (χ0v) is 25.9. The third-order valence-corrected chi connectivity index (χ3v) is 10.8. The number of fused-ring (bicyclic) bond motifs is 3. The highest BCUT2D eigenvalue weighted by Crippen LogP contribution is 2.56. The molecule has 3 aliphatic carbocycles. The van der Waals surface area contributed by atoms with Crippen molar-refractivity contribution in [2.24, 2.45) is 11.8 Å². The number of halogens is 2. The second-order valence-electron chi connectivity index (χ2n) is 13.1. The molecule has 1 spiro atoms. The number of pyridine rings is 1. The zero-order chi connectivity index (χ0) is 30.2. The molecular formula is C36H42ClFN2O3. The Morgan fingerprint density at radius 1 is 1.14 bits per heavy atom. The van der Waals surface area contributed by atoms with Gasteiger partial charge in [-0.1, -0.05) is 55.8 Å². The van der Waals surface area contributed by atoms with Crippen molar-refractivity contribution in [1.82, 2.24) is 4.98 Å². The van der Waals surface area contributed by atoms with Crippen LogP contribution in [0.25, 0.3) is 0 Å². The predicted octanol–water partition coefficient (Wildman–Crippen LogP) is 9.06. The van der Waals surface area contributed by atoms with Crippen molar-refractivity contribution in [3.63, 3.8) is 0 Å². The highest BCUT2D eigenvalue weighted by molar-refractivity contribution is 6.30. The number of benzene rings is 2. The van der Waals surface area contributed by atoms with E-state index in [1.54, 1.807) is 18.3 Å². The van der Waals surface area contributed by atoms with Gasteiger partial charge in [-0.15, -0.1) is 0 Å². The van der Waals surface area contributed by atoms with Crippen molar-refractivity contribution in [2.45, 2.75) is 94.7 Å². The summed E-state index contributed by atoms with van der Waals surface area (Å²) in [6, 6.07) is 17.9. The Kier molecular flexibility index (Phi) is 8.43. The fraction of sp³-hybridized carbons (Fsp3) is 0.500. The van der Waals surface area contributed by atoms with Gasteiger partial charge in [0.05, 0.1) is 12.3 Å². The number of aromatic nitrogens is 1. The van der Waals surface area contributed by atoms with Gasteiger partial charge in [-0.2, -0.15) is 0 Å². The lowest BCUT2D eigenvalue weighted by Gasteiger charge is -2.47. The van der Waals surface area contributed by atoms with Crippen LogP contribution in [0, 0.1) is 11.8 Å². The third kappa shape index (κ3) is 5.63. The number of hydrogen-bond acceptors (Lipinski definition) is 4. The number of nitrogens with zero attached hydrogens (tertiary/aromatic N) is 1. The van der Waals surface area contributed by atoms with E-state index < -0.39 is 17.7 Å². The summed E-state index contributed by atoms with van der Waals surface area (Å²) in [5.41, 5.74) is 3.94. The van der Waals surface area contributed by atoms with Crippen LogP contribution >= 0.6 is 11.6 Å². The number of carbonyl (C=O) groups is 1. The van der Waals surface area contributed by atoms with E-state index in [1.807, 2.05) is 18.2 Å². The van der Waals surface area contributed by atoms with Crippen molar-refractivity contribution < 1.29 is 19.0 Å². The maximum atomic E-state index is 14.7. The molecule has 0 aliphatic heterocycles. The summed E-state index contributed by atoms with van der Waals surface area (Å²) in [6.07, 6.45) is 7.62. The molecule has 6 rings (SSSR count). The summed E-state index contributed by atoms with van der Waals surface area (Å²) in [5.74, 6) is 0.929. The minimum absolute atomic E-state index is 0.0651. The van der Waals surface area contributed by atoms with E-state index in [0.717, 1.165) is 55.5 Å². The highest BCUT2D eigenvalue weighted by Gasteiger charge is 2.54. The van der Waals surface area contributed by atoms with Crippen LogP contribution in [0.4, 0.5) is 10.1 Å². The number of carboxylic acid groups (broad SMARTS) is 1. The second kappa shape index (κ2) is 12.1. The Bertz CT molecular complexity index is 1470. The van der Waals surface area contributed by atoms with Gasteiger partial charge < -0.3 is 15.2 Å². The minimum atomic E-state index is -1.03. The number of ether oxygens (including phenoxy) is 1. The maximum Gasteiger partial charge on any atom is 0.329 e. The largest absolute Gasteiger partial charge is 0.493 e. The zero-order valence-electron chi connectivity index (χ0n) is 25.1. The van der Waals surface area contributed by atoms with Gasteiger partial charge in [-0.3, -0.25) is 4.98 Å². The molecule has 4 atom stereocenters. The standard InChI is InChI=1S/C36H42ClFN2O3/c1-3-24-11-12-30(38)33-32(24)31(13-18-39-33)43-22-23(2)19-26-20-25-7-4-5-10-29(25)35(26)14-16-36(17-15-35,34(41)42)40-28-9-6-8-27(37)21-28/h4-10,13,18,21,23-24,26,30,40H,3,11-12,14-17,19-20,22H2,1-2H3,(H,41,42)/t23-,24-,26+,30+,35?,36?/m1/s1. The van der Waals surface area contributed by atoms with Gasteiger partial charge in [0, 0.05) is 22.5 Å². The van der Waals surface area contributed by atoms with E-state index in [0.29, 0.717) is 42.5 Å². The van der Waals surface area contributed by atoms with Crippen molar-refractivity contribution in [1.29, 1.82) is 0 Å². The first-order valence-corrected chi connectivity index (χ1v) is 16.2. The van der Waals surface area contributed by atoms with Gasteiger partial charge in [0.25, 0.3) is 0 Å². The molecule has 3 aromatic rings. The summed E-state index contributed by atoms with van der Waals surface area (Å²) in [5, 5.41) is 14.4. The molecule has 0 unspecified atom stereocenters. The van der Waals surface area contributed by atoms with E-state index >= 15 is 0 Å². The topological polar surface area (TPSA) is 71.5 Å². The normalized spacial score (nSPS) is 28.6. The smallest absolute Gasteiger partial charge is 0.329 e. The van der Waals surface area contributed by atoms with Crippen molar-refractivity contribution in [3.05, 3.63) is 88.2 Å². The molecule has 1 aromatic heterocycles. The molecule has 0 radical (unpaired) electrons. The molecule has 1 fully saturated rings. The molecule has 1 heterocycles. The van der Waals surface area contributed by atoms with Gasteiger partial charge in [0.15, 0.2) is 0 Å². The summed E-state index contributed by atoms with van der Waals surface area (Å²) >= 11 is 6.21. The lowest BCUT2D eigenvalue weighted by Crippen LogP contribution is -2.53. The molecule has 228 valence electrons. The summed E-state index contributed by atoms with van der Waals surface area (Å²) < 4.78 is 21.2. The van der Waals surface area contributed by atoms with Crippen LogP contribution < -0.4 is 10.1 Å². The molecule has 1 saturated carbocycles. The molecular weight excluding hydrogens is 563 g/mol. The van der Waals surface area contributed by atoms with Crippen LogP contribution in [0.3, 0.4) is 0 Å². The number of nitrogens with one attached hydrogen (secondary N) is 1. The van der Waals surface area contributed by atoms with Crippen LogP contribution in [-0.2, 0) is 16.6 Å². The lowest BCUT2D eigenvalue weighted by atomic mass is 9.59. The van der Waals surface area contributed by atoms with Gasteiger partial charge in [0.2, 0.25) is 0 Å². The number of anilines is 1. The quantitative estimate of drug-likeness (QED) is 0.255. The van der Waals surface area contributed by atoms with Crippen LogP contribution in [0.15, 0.2) is 60.8 Å². The summed E-state index contributed by atoms with van der Waals surface area (Å²) in [4.78, 5) is 17.1. The fourth-order valence-electron chi connectivity index (χ4n) is 8.29. The third-order valence-electron chi connectivity index (χ3n) is 10.6. The molecule has 2 aromatic carbocycles. The Balaban J connectivity index is 1.19.